The number of likely N-dealkylation sites (N-methyl/N-ethyl adjacent to an activating group) is 1. The van der Waals surface area contributed by atoms with Gasteiger partial charge in [-0.1, -0.05) is 30.3 Å². The zero-order valence-electron chi connectivity index (χ0n) is 13.6. The van der Waals surface area contributed by atoms with Crippen LogP contribution >= 0.6 is 11.8 Å². The fourth-order valence-corrected chi connectivity index (χ4v) is 3.23. The lowest BCUT2D eigenvalue weighted by molar-refractivity contribution is -0.121. The minimum Gasteiger partial charge on any atom is -0.494 e. The second-order valence-corrected chi connectivity index (χ2v) is 6.22. The molecule has 0 unspecified atom stereocenters. The number of benzene rings is 2. The van der Waals surface area contributed by atoms with E-state index in [0.29, 0.717) is 16.7 Å². The van der Waals surface area contributed by atoms with Gasteiger partial charge in [-0.05, 0) is 54.6 Å². The van der Waals surface area contributed by atoms with E-state index in [-0.39, 0.29) is 5.91 Å². The number of aliphatic imine (C=N–C) groups is 1. The van der Waals surface area contributed by atoms with Crippen LogP contribution in [-0.4, -0.2) is 29.6 Å². The van der Waals surface area contributed by atoms with Crippen molar-refractivity contribution in [1.29, 1.82) is 0 Å². The zero-order chi connectivity index (χ0) is 16.9. The topological polar surface area (TPSA) is 41.9 Å². The molecule has 1 fully saturated rings. The van der Waals surface area contributed by atoms with Gasteiger partial charge in [-0.15, -0.1) is 0 Å². The highest BCUT2D eigenvalue weighted by Crippen LogP contribution is 2.33. The predicted molar refractivity (Wildman–Crippen MR) is 99.5 cm³/mol. The first-order valence-corrected chi connectivity index (χ1v) is 8.53. The molecule has 1 heterocycles. The molecule has 0 atom stereocenters. The van der Waals surface area contributed by atoms with Gasteiger partial charge in [0.25, 0.3) is 5.91 Å². The van der Waals surface area contributed by atoms with Crippen molar-refractivity contribution in [1.82, 2.24) is 4.90 Å². The quantitative estimate of drug-likeness (QED) is 0.780. The average molecular weight is 338 g/mol. The molecule has 0 bridgehead atoms. The lowest BCUT2D eigenvalue weighted by atomic mass is 10.2. The van der Waals surface area contributed by atoms with Crippen molar-refractivity contribution in [3.63, 3.8) is 0 Å². The number of amides is 1. The summed E-state index contributed by atoms with van der Waals surface area (Å²) in [5.41, 5.74) is 1.80. The zero-order valence-corrected chi connectivity index (χ0v) is 14.4. The lowest BCUT2D eigenvalue weighted by Gasteiger charge is -2.06. The molecular weight excluding hydrogens is 320 g/mol. The number of thioether (sulfide) groups is 1. The van der Waals surface area contributed by atoms with Gasteiger partial charge in [-0.2, -0.15) is 0 Å². The highest BCUT2D eigenvalue weighted by molar-refractivity contribution is 8.18. The van der Waals surface area contributed by atoms with Crippen molar-refractivity contribution in [3.8, 4) is 5.75 Å². The van der Waals surface area contributed by atoms with Crippen molar-refractivity contribution in [3.05, 3.63) is 65.1 Å². The molecular formula is C19H18N2O2S. The summed E-state index contributed by atoms with van der Waals surface area (Å²) in [6.45, 7) is 2.59. The summed E-state index contributed by atoms with van der Waals surface area (Å²) in [6, 6.07) is 17.3. The number of hydrogen-bond donors (Lipinski definition) is 0. The van der Waals surface area contributed by atoms with Crippen LogP contribution in [-0.2, 0) is 4.79 Å². The van der Waals surface area contributed by atoms with Gasteiger partial charge in [0.2, 0.25) is 0 Å². The van der Waals surface area contributed by atoms with Crippen LogP contribution in [0, 0.1) is 0 Å². The standard InChI is InChI=1S/C19H18N2O2S/c1-3-23-16-11-9-14(10-12-16)13-17-18(22)21(2)19(24-17)20-15-7-5-4-6-8-15/h4-13H,3H2,1-2H3/b17-13+,20-19?. The van der Waals surface area contributed by atoms with Crippen molar-refractivity contribution in [2.45, 2.75) is 6.92 Å². The maximum atomic E-state index is 12.4. The Balaban J connectivity index is 1.82. The molecule has 0 saturated carbocycles. The minimum atomic E-state index is -0.0384. The van der Waals surface area contributed by atoms with Crippen LogP contribution < -0.4 is 4.74 Å². The number of para-hydroxylation sites is 1. The average Bonchev–Trinajstić information content (AvgIpc) is 2.86. The largest absolute Gasteiger partial charge is 0.494 e. The van der Waals surface area contributed by atoms with Gasteiger partial charge in [-0.3, -0.25) is 9.69 Å². The van der Waals surface area contributed by atoms with Crippen molar-refractivity contribution in [2.24, 2.45) is 4.99 Å². The van der Waals surface area contributed by atoms with E-state index in [4.69, 9.17) is 4.74 Å². The van der Waals surface area contributed by atoms with E-state index >= 15 is 0 Å². The molecule has 0 N–H and O–H groups in total. The maximum absolute atomic E-state index is 12.4. The van der Waals surface area contributed by atoms with Gasteiger partial charge in [0.15, 0.2) is 5.17 Å². The van der Waals surface area contributed by atoms with Crippen molar-refractivity contribution >= 4 is 34.6 Å². The summed E-state index contributed by atoms with van der Waals surface area (Å²) in [7, 11) is 1.75. The molecule has 0 radical (unpaired) electrons. The SMILES string of the molecule is CCOc1ccc(/C=C2/SC(=Nc3ccccc3)N(C)C2=O)cc1. The molecule has 1 aliphatic rings. The normalized spacial score (nSPS) is 17.8. The van der Waals surface area contributed by atoms with E-state index in [0.717, 1.165) is 17.0 Å². The molecule has 2 aromatic rings. The Kier molecular flexibility index (Phi) is 5.01. The Morgan fingerprint density at radius 3 is 2.50 bits per heavy atom. The molecule has 24 heavy (non-hydrogen) atoms. The van der Waals surface area contributed by atoms with E-state index in [9.17, 15) is 4.79 Å². The number of rotatable bonds is 4. The Morgan fingerprint density at radius 1 is 1.12 bits per heavy atom. The molecule has 2 aromatic carbocycles. The summed E-state index contributed by atoms with van der Waals surface area (Å²) in [4.78, 5) is 19.2. The molecule has 0 aromatic heterocycles. The fourth-order valence-electron chi connectivity index (χ4n) is 2.24. The Labute approximate surface area is 145 Å². The van der Waals surface area contributed by atoms with E-state index in [1.54, 1.807) is 11.9 Å². The first-order valence-electron chi connectivity index (χ1n) is 7.71. The van der Waals surface area contributed by atoms with Gasteiger partial charge >= 0.3 is 0 Å². The Hall–Kier alpha value is -2.53. The first-order chi connectivity index (χ1) is 11.7. The lowest BCUT2D eigenvalue weighted by Crippen LogP contribution is -2.23. The highest BCUT2D eigenvalue weighted by Gasteiger charge is 2.30. The van der Waals surface area contributed by atoms with Crippen LogP contribution in [0.15, 0.2) is 64.5 Å². The van der Waals surface area contributed by atoms with E-state index in [2.05, 4.69) is 4.99 Å². The van der Waals surface area contributed by atoms with Crippen LogP contribution in [0.5, 0.6) is 5.75 Å². The van der Waals surface area contributed by atoms with Gasteiger partial charge in [0.1, 0.15) is 5.75 Å². The van der Waals surface area contributed by atoms with Gasteiger partial charge in [0.05, 0.1) is 17.2 Å². The smallest absolute Gasteiger partial charge is 0.266 e. The van der Waals surface area contributed by atoms with Gasteiger partial charge < -0.3 is 4.74 Å². The number of carbonyl (C=O) groups excluding carboxylic acids is 1. The van der Waals surface area contributed by atoms with Crippen LogP contribution in [0.2, 0.25) is 0 Å². The van der Waals surface area contributed by atoms with Crippen molar-refractivity contribution in [2.75, 3.05) is 13.7 Å². The number of ether oxygens (including phenoxy) is 1. The number of carbonyl (C=O) groups is 1. The molecule has 0 spiro atoms. The Bertz CT molecular complexity index is 783. The molecule has 1 aliphatic heterocycles. The molecule has 5 heteroatoms. The second kappa shape index (κ2) is 7.36. The first kappa shape index (κ1) is 16.3. The van der Waals surface area contributed by atoms with E-state index in [1.165, 1.54) is 11.8 Å². The minimum absolute atomic E-state index is 0.0384. The maximum Gasteiger partial charge on any atom is 0.266 e. The molecule has 1 saturated heterocycles. The van der Waals surface area contributed by atoms with Gasteiger partial charge in [0, 0.05) is 7.05 Å². The number of amidine groups is 1. The van der Waals surface area contributed by atoms with E-state index in [1.807, 2.05) is 67.6 Å². The molecule has 0 aliphatic carbocycles. The number of nitrogens with zero attached hydrogens (tertiary/aromatic N) is 2. The van der Waals surface area contributed by atoms with Crippen LogP contribution in [0.4, 0.5) is 5.69 Å². The van der Waals surface area contributed by atoms with Crippen LogP contribution in [0.3, 0.4) is 0 Å². The second-order valence-electron chi connectivity index (χ2n) is 5.21. The summed E-state index contributed by atoms with van der Waals surface area (Å²) < 4.78 is 5.43. The third kappa shape index (κ3) is 3.68. The van der Waals surface area contributed by atoms with Crippen LogP contribution in [0.25, 0.3) is 6.08 Å². The summed E-state index contributed by atoms with van der Waals surface area (Å²) in [6.07, 6.45) is 1.88. The third-order valence-corrected chi connectivity index (χ3v) is 4.53. The molecule has 122 valence electrons. The monoisotopic (exact) mass is 338 g/mol. The highest BCUT2D eigenvalue weighted by atomic mass is 32.2. The molecule has 1 amide bonds. The molecule has 4 nitrogen and oxygen atoms in total. The predicted octanol–water partition coefficient (Wildman–Crippen LogP) is 4.32. The summed E-state index contributed by atoms with van der Waals surface area (Å²) in [5.74, 6) is 0.789. The third-order valence-electron chi connectivity index (χ3n) is 3.47. The van der Waals surface area contributed by atoms with Crippen molar-refractivity contribution < 1.29 is 9.53 Å². The molecule has 3 rings (SSSR count). The summed E-state index contributed by atoms with van der Waals surface area (Å²) in [5, 5.41) is 0.684. The Morgan fingerprint density at radius 2 is 1.83 bits per heavy atom. The van der Waals surface area contributed by atoms with Crippen LogP contribution in [0.1, 0.15) is 12.5 Å². The van der Waals surface area contributed by atoms with E-state index < -0.39 is 0 Å². The summed E-state index contributed by atoms with van der Waals surface area (Å²) >= 11 is 1.39. The fraction of sp³-hybridized carbons (Fsp3) is 0.158. The number of hydrogen-bond acceptors (Lipinski definition) is 4. The van der Waals surface area contributed by atoms with Gasteiger partial charge in [-0.25, -0.2) is 4.99 Å².